The summed E-state index contributed by atoms with van der Waals surface area (Å²) >= 11 is 5.91. The second-order valence-corrected chi connectivity index (χ2v) is 3.89. The van der Waals surface area contributed by atoms with Crippen molar-refractivity contribution in [2.45, 2.75) is 37.7 Å². The van der Waals surface area contributed by atoms with Crippen molar-refractivity contribution in [2.75, 3.05) is 6.61 Å². The van der Waals surface area contributed by atoms with Gasteiger partial charge in [0.1, 0.15) is 18.1 Å². The Morgan fingerprint density at radius 2 is 2.00 bits per heavy atom. The first-order valence-electron chi connectivity index (χ1n) is 4.70. The van der Waals surface area contributed by atoms with Gasteiger partial charge >= 0.3 is 11.9 Å². The molecule has 0 bridgehead atoms. The van der Waals surface area contributed by atoms with E-state index in [1.807, 2.05) is 0 Å². The van der Waals surface area contributed by atoms with Crippen LogP contribution >= 0.6 is 11.6 Å². The molecule has 0 spiro atoms. The lowest BCUT2D eigenvalue weighted by molar-refractivity contribution is -0.170. The first-order chi connectivity index (χ1) is 7.41. The number of halogens is 1. The number of carbonyl (C=O) groups is 2. The van der Waals surface area contributed by atoms with Gasteiger partial charge in [-0.05, 0) is 0 Å². The molecule has 7 heteroatoms. The van der Waals surface area contributed by atoms with Crippen molar-refractivity contribution in [3.05, 3.63) is 0 Å². The summed E-state index contributed by atoms with van der Waals surface area (Å²) in [5, 5.41) is 8.67. The highest BCUT2D eigenvalue weighted by Gasteiger charge is 2.45. The lowest BCUT2D eigenvalue weighted by atomic mass is 10.2. The maximum atomic E-state index is 10.7. The molecular weight excluding hydrogens is 240 g/mol. The monoisotopic (exact) mass is 252 g/mol. The maximum Gasteiger partial charge on any atom is 0.303 e. The van der Waals surface area contributed by atoms with Crippen molar-refractivity contribution in [1.82, 2.24) is 0 Å². The standard InChI is InChI=1S/C9H13ClO6/c1-4(11)14-3-6-7(10)8(9(13)16-6)15-5(2)12/h6-9,13H,3H2,1-2H3/t6-,7+,8-,9-/m1/s1. The molecule has 1 aliphatic heterocycles. The van der Waals surface area contributed by atoms with Crippen LogP contribution in [0.5, 0.6) is 0 Å². The molecule has 1 aliphatic rings. The molecule has 0 amide bonds. The van der Waals surface area contributed by atoms with E-state index < -0.39 is 35.8 Å². The summed E-state index contributed by atoms with van der Waals surface area (Å²) < 4.78 is 14.5. The van der Waals surface area contributed by atoms with E-state index in [1.165, 1.54) is 13.8 Å². The lowest BCUT2D eigenvalue weighted by Gasteiger charge is -2.16. The van der Waals surface area contributed by atoms with Crippen LogP contribution in [0, 0.1) is 0 Å². The van der Waals surface area contributed by atoms with E-state index in [0.717, 1.165) is 0 Å². The third kappa shape index (κ3) is 3.33. The Morgan fingerprint density at radius 3 is 2.50 bits per heavy atom. The highest BCUT2D eigenvalue weighted by molar-refractivity contribution is 6.21. The average Bonchev–Trinajstić information content (AvgIpc) is 2.42. The normalized spacial score (nSPS) is 33.5. The van der Waals surface area contributed by atoms with E-state index >= 15 is 0 Å². The molecule has 1 rings (SSSR count). The van der Waals surface area contributed by atoms with Crippen LogP contribution in [0.2, 0.25) is 0 Å². The van der Waals surface area contributed by atoms with Crippen LogP contribution in [0.4, 0.5) is 0 Å². The molecule has 0 unspecified atom stereocenters. The maximum absolute atomic E-state index is 10.7. The van der Waals surface area contributed by atoms with Gasteiger partial charge in [0, 0.05) is 13.8 Å². The van der Waals surface area contributed by atoms with Gasteiger partial charge in [-0.3, -0.25) is 9.59 Å². The lowest BCUT2D eigenvalue weighted by Crippen LogP contribution is -2.34. The topological polar surface area (TPSA) is 82.1 Å². The summed E-state index contributed by atoms with van der Waals surface area (Å²) in [6.07, 6.45) is -2.93. The van der Waals surface area contributed by atoms with Gasteiger partial charge in [0.25, 0.3) is 0 Å². The minimum atomic E-state index is -1.30. The van der Waals surface area contributed by atoms with Gasteiger partial charge in [-0.1, -0.05) is 0 Å². The Balaban J connectivity index is 2.52. The van der Waals surface area contributed by atoms with Crippen LogP contribution in [-0.4, -0.2) is 47.5 Å². The Bertz CT molecular complexity index is 281. The number of carbonyl (C=O) groups excluding carboxylic acids is 2. The molecule has 1 N–H and O–H groups in total. The van der Waals surface area contributed by atoms with E-state index in [4.69, 9.17) is 25.8 Å². The van der Waals surface area contributed by atoms with Gasteiger partial charge < -0.3 is 19.3 Å². The van der Waals surface area contributed by atoms with Crippen LogP contribution in [0.1, 0.15) is 13.8 Å². The Kier molecular flexibility index (Phi) is 4.52. The summed E-state index contributed by atoms with van der Waals surface area (Å²) in [7, 11) is 0. The van der Waals surface area contributed by atoms with Crippen molar-refractivity contribution >= 4 is 23.5 Å². The molecule has 1 heterocycles. The molecule has 6 nitrogen and oxygen atoms in total. The Morgan fingerprint density at radius 1 is 1.38 bits per heavy atom. The molecule has 0 aliphatic carbocycles. The van der Waals surface area contributed by atoms with E-state index in [0.29, 0.717) is 0 Å². The second-order valence-electron chi connectivity index (χ2n) is 3.39. The zero-order chi connectivity index (χ0) is 12.3. The van der Waals surface area contributed by atoms with Gasteiger partial charge in [0.2, 0.25) is 0 Å². The quantitative estimate of drug-likeness (QED) is 0.554. The Labute approximate surface area is 97.4 Å². The molecule has 0 radical (unpaired) electrons. The fraction of sp³-hybridized carbons (Fsp3) is 0.778. The first-order valence-corrected chi connectivity index (χ1v) is 5.13. The molecule has 0 aromatic heterocycles. The molecule has 1 saturated heterocycles. The number of aliphatic hydroxyl groups excluding tert-OH is 1. The summed E-state index contributed by atoms with van der Waals surface area (Å²) in [4.78, 5) is 21.3. The SMILES string of the molecule is CC(=O)OC[C@H]1O[C@@H](O)[C@H](OC(C)=O)[C@H]1Cl. The van der Waals surface area contributed by atoms with Gasteiger partial charge in [0.15, 0.2) is 12.4 Å². The number of ether oxygens (including phenoxy) is 3. The van der Waals surface area contributed by atoms with Crippen molar-refractivity contribution < 1.29 is 28.9 Å². The molecule has 0 aromatic rings. The molecule has 16 heavy (non-hydrogen) atoms. The minimum absolute atomic E-state index is 0.0850. The minimum Gasteiger partial charge on any atom is -0.463 e. The third-order valence-electron chi connectivity index (χ3n) is 2.02. The van der Waals surface area contributed by atoms with Gasteiger partial charge in [0.05, 0.1) is 0 Å². The fourth-order valence-corrected chi connectivity index (χ4v) is 1.65. The fourth-order valence-electron chi connectivity index (χ4n) is 1.35. The number of aliphatic hydroxyl groups is 1. The smallest absolute Gasteiger partial charge is 0.303 e. The largest absolute Gasteiger partial charge is 0.463 e. The molecule has 92 valence electrons. The predicted molar refractivity (Wildman–Crippen MR) is 52.7 cm³/mol. The number of hydrogen-bond donors (Lipinski definition) is 1. The van der Waals surface area contributed by atoms with Crippen molar-refractivity contribution in [1.29, 1.82) is 0 Å². The molecular formula is C9H13ClO6. The molecule has 0 saturated carbocycles. The van der Waals surface area contributed by atoms with E-state index in [9.17, 15) is 14.7 Å². The summed E-state index contributed by atoms with van der Waals surface area (Å²) in [6.45, 7) is 2.37. The second kappa shape index (κ2) is 5.47. The number of rotatable bonds is 3. The van der Waals surface area contributed by atoms with Crippen LogP contribution in [-0.2, 0) is 23.8 Å². The summed E-state index contributed by atoms with van der Waals surface area (Å²) in [5.41, 5.74) is 0. The predicted octanol–water partition coefficient (Wildman–Crippen LogP) is -0.194. The molecule has 1 fully saturated rings. The highest BCUT2D eigenvalue weighted by Crippen LogP contribution is 2.27. The number of esters is 2. The van der Waals surface area contributed by atoms with Crippen LogP contribution < -0.4 is 0 Å². The summed E-state index contributed by atoms with van der Waals surface area (Å²) in [5.74, 6) is -1.04. The van der Waals surface area contributed by atoms with Gasteiger partial charge in [-0.25, -0.2) is 0 Å². The number of alkyl halides is 1. The van der Waals surface area contributed by atoms with E-state index in [-0.39, 0.29) is 6.61 Å². The number of hydrogen-bond acceptors (Lipinski definition) is 6. The van der Waals surface area contributed by atoms with E-state index in [1.54, 1.807) is 0 Å². The van der Waals surface area contributed by atoms with Crippen molar-refractivity contribution in [3.8, 4) is 0 Å². The van der Waals surface area contributed by atoms with E-state index in [2.05, 4.69) is 0 Å². The molecule has 4 atom stereocenters. The Hall–Kier alpha value is -0.850. The first kappa shape index (κ1) is 13.2. The third-order valence-corrected chi connectivity index (χ3v) is 2.55. The van der Waals surface area contributed by atoms with Gasteiger partial charge in [-0.2, -0.15) is 0 Å². The van der Waals surface area contributed by atoms with Gasteiger partial charge in [-0.15, -0.1) is 11.6 Å². The zero-order valence-electron chi connectivity index (χ0n) is 8.88. The average molecular weight is 253 g/mol. The van der Waals surface area contributed by atoms with Crippen molar-refractivity contribution in [2.24, 2.45) is 0 Å². The van der Waals surface area contributed by atoms with Crippen LogP contribution in [0.3, 0.4) is 0 Å². The summed E-state index contributed by atoms with van der Waals surface area (Å²) in [6, 6.07) is 0. The molecule has 0 aromatic carbocycles. The van der Waals surface area contributed by atoms with Crippen molar-refractivity contribution in [3.63, 3.8) is 0 Å². The van der Waals surface area contributed by atoms with Crippen LogP contribution in [0.15, 0.2) is 0 Å². The highest BCUT2D eigenvalue weighted by atomic mass is 35.5. The zero-order valence-corrected chi connectivity index (χ0v) is 9.64. The van der Waals surface area contributed by atoms with Crippen LogP contribution in [0.25, 0.3) is 0 Å².